The second-order valence-corrected chi connectivity index (χ2v) is 9.01. The van der Waals surface area contributed by atoms with Crippen LogP contribution >= 0.6 is 0 Å². The number of amides is 2. The van der Waals surface area contributed by atoms with Gasteiger partial charge >= 0.3 is 0 Å². The van der Waals surface area contributed by atoms with E-state index in [1.807, 2.05) is 21.9 Å². The molecule has 30 heavy (non-hydrogen) atoms. The Morgan fingerprint density at radius 3 is 2.57 bits per heavy atom. The van der Waals surface area contributed by atoms with Crippen molar-refractivity contribution in [1.29, 1.82) is 0 Å². The molecule has 2 aromatic carbocycles. The molecular formula is C25H29N3O2. The van der Waals surface area contributed by atoms with Gasteiger partial charge in [0.1, 0.15) is 0 Å². The summed E-state index contributed by atoms with van der Waals surface area (Å²) in [4.78, 5) is 31.8. The van der Waals surface area contributed by atoms with Gasteiger partial charge in [0.2, 0.25) is 11.8 Å². The van der Waals surface area contributed by atoms with E-state index in [9.17, 15) is 9.59 Å². The molecule has 5 nitrogen and oxygen atoms in total. The van der Waals surface area contributed by atoms with E-state index in [1.165, 1.54) is 16.7 Å². The summed E-state index contributed by atoms with van der Waals surface area (Å²) < 4.78 is 0. The topological polar surface area (TPSA) is 43.9 Å². The number of hydrogen-bond acceptors (Lipinski definition) is 3. The molecule has 0 aromatic heterocycles. The Balaban J connectivity index is 1.32. The third kappa shape index (κ3) is 3.21. The van der Waals surface area contributed by atoms with Crippen molar-refractivity contribution in [2.45, 2.75) is 26.3 Å². The second kappa shape index (κ2) is 7.55. The zero-order valence-corrected chi connectivity index (χ0v) is 17.8. The molecule has 2 amide bonds. The van der Waals surface area contributed by atoms with Crippen LogP contribution in [0.2, 0.25) is 0 Å². The highest BCUT2D eigenvalue weighted by molar-refractivity contribution is 5.96. The van der Waals surface area contributed by atoms with Crippen LogP contribution in [-0.2, 0) is 16.0 Å². The summed E-state index contributed by atoms with van der Waals surface area (Å²) in [6.07, 6.45) is 0.941. The van der Waals surface area contributed by atoms with Crippen LogP contribution in [0.1, 0.15) is 29.7 Å². The highest BCUT2D eigenvalue weighted by Gasteiger charge is 2.49. The van der Waals surface area contributed by atoms with Crippen molar-refractivity contribution < 1.29 is 9.59 Å². The van der Waals surface area contributed by atoms with E-state index in [1.54, 1.807) is 6.92 Å². The van der Waals surface area contributed by atoms with Crippen LogP contribution in [0.15, 0.2) is 48.5 Å². The number of aryl methyl sites for hydroxylation is 1. The molecule has 3 heterocycles. The number of likely N-dealkylation sites (tertiary alicyclic amines) is 2. The lowest BCUT2D eigenvalue weighted by atomic mass is 9.87. The van der Waals surface area contributed by atoms with E-state index in [2.05, 4.69) is 48.2 Å². The molecule has 3 atom stereocenters. The van der Waals surface area contributed by atoms with Crippen molar-refractivity contribution in [3.63, 3.8) is 0 Å². The fourth-order valence-corrected chi connectivity index (χ4v) is 5.78. The maximum absolute atomic E-state index is 13.1. The smallest absolute Gasteiger partial charge is 0.241 e. The largest absolute Gasteiger partial charge is 0.335 e. The maximum Gasteiger partial charge on any atom is 0.241 e. The van der Waals surface area contributed by atoms with E-state index >= 15 is 0 Å². The lowest BCUT2D eigenvalue weighted by Gasteiger charge is -2.30. The third-order valence-corrected chi connectivity index (χ3v) is 7.20. The molecule has 2 aromatic rings. The molecule has 0 bridgehead atoms. The average molecular weight is 404 g/mol. The van der Waals surface area contributed by atoms with E-state index < -0.39 is 0 Å². The van der Waals surface area contributed by atoms with Gasteiger partial charge in [-0.1, -0.05) is 42.5 Å². The molecule has 0 saturated carbocycles. The number of carbonyl (C=O) groups excluding carboxylic acids is 2. The van der Waals surface area contributed by atoms with E-state index in [0.717, 1.165) is 38.3 Å². The Labute approximate surface area is 178 Å². The van der Waals surface area contributed by atoms with Crippen molar-refractivity contribution in [2.75, 3.05) is 37.6 Å². The zero-order valence-electron chi connectivity index (χ0n) is 17.8. The number of anilines is 1. The number of para-hydroxylation sites is 1. The molecule has 5 rings (SSSR count). The predicted octanol–water partition coefficient (Wildman–Crippen LogP) is 3.04. The normalized spacial score (nSPS) is 25.5. The monoisotopic (exact) mass is 403 g/mol. The summed E-state index contributed by atoms with van der Waals surface area (Å²) in [7, 11) is 0. The van der Waals surface area contributed by atoms with Gasteiger partial charge in [-0.2, -0.15) is 0 Å². The van der Waals surface area contributed by atoms with Crippen LogP contribution in [0.3, 0.4) is 0 Å². The first-order valence-electron chi connectivity index (χ1n) is 11.0. The van der Waals surface area contributed by atoms with E-state index in [4.69, 9.17) is 0 Å². The molecule has 2 saturated heterocycles. The third-order valence-electron chi connectivity index (χ3n) is 7.20. The molecular weight excluding hydrogens is 374 g/mol. The number of benzene rings is 2. The lowest BCUT2D eigenvalue weighted by molar-refractivity contribution is -0.130. The summed E-state index contributed by atoms with van der Waals surface area (Å²) in [6.45, 7) is 7.59. The number of carbonyl (C=O) groups is 2. The van der Waals surface area contributed by atoms with Crippen LogP contribution < -0.4 is 4.90 Å². The molecule has 0 radical (unpaired) electrons. The first-order valence-corrected chi connectivity index (χ1v) is 11.0. The van der Waals surface area contributed by atoms with Crippen molar-refractivity contribution in [3.05, 3.63) is 65.2 Å². The van der Waals surface area contributed by atoms with Gasteiger partial charge in [0.25, 0.3) is 0 Å². The summed E-state index contributed by atoms with van der Waals surface area (Å²) >= 11 is 0. The van der Waals surface area contributed by atoms with Crippen LogP contribution in [0.4, 0.5) is 5.69 Å². The second-order valence-electron chi connectivity index (χ2n) is 9.01. The average Bonchev–Trinajstić information content (AvgIpc) is 3.40. The van der Waals surface area contributed by atoms with Gasteiger partial charge in [0, 0.05) is 44.7 Å². The molecule has 0 spiro atoms. The van der Waals surface area contributed by atoms with Gasteiger partial charge in [-0.15, -0.1) is 0 Å². The SMILES string of the molecule is CC(=O)N1C[C@H]2CN(CC(=O)N3CCc4ccccc43)C[C@H]2[C@H]1c1ccccc1C. The Bertz CT molecular complexity index is 988. The van der Waals surface area contributed by atoms with Gasteiger partial charge in [-0.3, -0.25) is 14.5 Å². The summed E-state index contributed by atoms with van der Waals surface area (Å²) in [6, 6.07) is 16.7. The molecule has 2 fully saturated rings. The Kier molecular flexibility index (Phi) is 4.86. The molecule has 0 aliphatic carbocycles. The quantitative estimate of drug-likeness (QED) is 0.791. The van der Waals surface area contributed by atoms with Crippen molar-refractivity contribution in [1.82, 2.24) is 9.80 Å². The van der Waals surface area contributed by atoms with E-state index in [0.29, 0.717) is 18.4 Å². The van der Waals surface area contributed by atoms with Crippen molar-refractivity contribution >= 4 is 17.5 Å². The minimum atomic E-state index is 0.112. The Morgan fingerprint density at radius 1 is 1.00 bits per heavy atom. The number of rotatable bonds is 3. The molecule has 156 valence electrons. The van der Waals surface area contributed by atoms with Gasteiger partial charge in [-0.05, 0) is 42.0 Å². The molecule has 3 aliphatic heterocycles. The van der Waals surface area contributed by atoms with Crippen LogP contribution in [-0.4, -0.2) is 54.3 Å². The first kappa shape index (κ1) is 19.3. The van der Waals surface area contributed by atoms with E-state index in [-0.39, 0.29) is 17.9 Å². The maximum atomic E-state index is 13.1. The molecule has 5 heteroatoms. The Hall–Kier alpha value is -2.66. The highest BCUT2D eigenvalue weighted by Crippen LogP contribution is 2.45. The number of nitrogens with zero attached hydrogens (tertiary/aromatic N) is 3. The lowest BCUT2D eigenvalue weighted by Crippen LogP contribution is -2.41. The standard InChI is InChI=1S/C25H29N3O2/c1-17-7-3-5-9-21(17)25-22-15-26(13-20(22)14-28(25)18(2)29)16-24(30)27-12-11-19-8-4-6-10-23(19)27/h3-10,20,22,25H,11-16H2,1-2H3/t20-,22-,25-/m1/s1. The van der Waals surface area contributed by atoms with Crippen molar-refractivity contribution in [2.24, 2.45) is 11.8 Å². The zero-order chi connectivity index (χ0) is 20.8. The predicted molar refractivity (Wildman–Crippen MR) is 117 cm³/mol. The Morgan fingerprint density at radius 2 is 1.77 bits per heavy atom. The van der Waals surface area contributed by atoms with Crippen LogP contribution in [0.25, 0.3) is 0 Å². The molecule has 3 aliphatic rings. The number of fused-ring (bicyclic) bond motifs is 2. The fraction of sp³-hybridized carbons (Fsp3) is 0.440. The van der Waals surface area contributed by atoms with Gasteiger partial charge < -0.3 is 9.80 Å². The van der Waals surface area contributed by atoms with Crippen molar-refractivity contribution in [3.8, 4) is 0 Å². The highest BCUT2D eigenvalue weighted by atomic mass is 16.2. The summed E-state index contributed by atoms with van der Waals surface area (Å²) in [5, 5.41) is 0. The molecule has 0 unspecified atom stereocenters. The van der Waals surface area contributed by atoms with Gasteiger partial charge in [0.05, 0.1) is 12.6 Å². The summed E-state index contributed by atoms with van der Waals surface area (Å²) in [5.74, 6) is 1.15. The molecule has 0 N–H and O–H groups in total. The fourth-order valence-electron chi connectivity index (χ4n) is 5.78. The van der Waals surface area contributed by atoms with Gasteiger partial charge in [0.15, 0.2) is 0 Å². The first-order chi connectivity index (χ1) is 14.5. The van der Waals surface area contributed by atoms with Crippen LogP contribution in [0.5, 0.6) is 0 Å². The summed E-state index contributed by atoms with van der Waals surface area (Å²) in [5.41, 5.74) is 4.82. The minimum Gasteiger partial charge on any atom is -0.335 e. The minimum absolute atomic E-state index is 0.112. The van der Waals surface area contributed by atoms with Gasteiger partial charge in [-0.25, -0.2) is 0 Å². The number of hydrogen-bond donors (Lipinski definition) is 0. The van der Waals surface area contributed by atoms with Crippen LogP contribution in [0, 0.1) is 18.8 Å².